The van der Waals surface area contributed by atoms with Gasteiger partial charge < -0.3 is 14.7 Å². The number of hydrogen-bond donors (Lipinski definition) is 1. The van der Waals surface area contributed by atoms with Crippen LogP contribution in [0.2, 0.25) is 0 Å². The number of aliphatic imine (C=N–C) groups is 1. The number of piperidine rings is 1. The monoisotopic (exact) mass is 262 g/mol. The molecular formula is C15H22N2O2. The molecule has 1 aromatic carbocycles. The number of benzene rings is 1. The van der Waals surface area contributed by atoms with E-state index in [2.05, 4.69) is 16.8 Å². The quantitative estimate of drug-likeness (QED) is 0.847. The lowest BCUT2D eigenvalue weighted by Crippen LogP contribution is -2.35. The highest BCUT2D eigenvalue weighted by molar-refractivity contribution is 5.84. The molecule has 104 valence electrons. The molecule has 1 heterocycles. The molecule has 19 heavy (non-hydrogen) atoms. The summed E-state index contributed by atoms with van der Waals surface area (Å²) in [6.07, 6.45) is 3.95. The lowest BCUT2D eigenvalue weighted by molar-refractivity contribution is 0.224. The third-order valence-electron chi connectivity index (χ3n) is 3.66. The molecule has 1 saturated heterocycles. The van der Waals surface area contributed by atoms with Gasteiger partial charge in [0.25, 0.3) is 0 Å². The largest absolute Gasteiger partial charge is 0.507 e. The van der Waals surface area contributed by atoms with E-state index in [9.17, 15) is 5.11 Å². The van der Waals surface area contributed by atoms with E-state index in [-0.39, 0.29) is 5.75 Å². The van der Waals surface area contributed by atoms with E-state index in [1.54, 1.807) is 31.5 Å². The van der Waals surface area contributed by atoms with Gasteiger partial charge in [-0.3, -0.25) is 4.99 Å². The predicted molar refractivity (Wildman–Crippen MR) is 77.4 cm³/mol. The van der Waals surface area contributed by atoms with Crippen LogP contribution in [0.5, 0.6) is 11.5 Å². The molecule has 0 radical (unpaired) electrons. The standard InChI is InChI=1S/C15H22N2O2/c1-3-17-8-6-13(7-9-17)16-11-12-10-14(19-2)4-5-15(12)18/h4-5,10-11,13,18H,3,6-9H2,1-2H3. The van der Waals surface area contributed by atoms with Crippen LogP contribution >= 0.6 is 0 Å². The third kappa shape index (κ3) is 3.70. The Labute approximate surface area is 114 Å². The van der Waals surface area contributed by atoms with Crippen LogP contribution in [0.25, 0.3) is 0 Å². The van der Waals surface area contributed by atoms with Crippen LogP contribution in [0, 0.1) is 0 Å². The highest BCUT2D eigenvalue weighted by Crippen LogP contribution is 2.22. The SMILES string of the molecule is CCN1CCC(N=Cc2cc(OC)ccc2O)CC1. The highest BCUT2D eigenvalue weighted by Gasteiger charge is 2.16. The van der Waals surface area contributed by atoms with Gasteiger partial charge in [0.15, 0.2) is 0 Å². The molecule has 0 saturated carbocycles. The highest BCUT2D eigenvalue weighted by atomic mass is 16.5. The van der Waals surface area contributed by atoms with Crippen molar-refractivity contribution in [2.24, 2.45) is 4.99 Å². The van der Waals surface area contributed by atoms with Crippen molar-refractivity contribution in [3.05, 3.63) is 23.8 Å². The second-order valence-corrected chi connectivity index (χ2v) is 4.87. The van der Waals surface area contributed by atoms with Crippen LogP contribution in [-0.2, 0) is 0 Å². The Morgan fingerprint density at radius 3 is 2.79 bits per heavy atom. The summed E-state index contributed by atoms with van der Waals surface area (Å²) >= 11 is 0. The van der Waals surface area contributed by atoms with E-state index in [0.717, 1.165) is 43.8 Å². The topological polar surface area (TPSA) is 45.1 Å². The van der Waals surface area contributed by atoms with Crippen LogP contribution in [0.3, 0.4) is 0 Å². The van der Waals surface area contributed by atoms with Crippen LogP contribution in [0.4, 0.5) is 0 Å². The zero-order valence-electron chi connectivity index (χ0n) is 11.7. The maximum atomic E-state index is 9.79. The molecule has 0 atom stereocenters. The van der Waals surface area contributed by atoms with Gasteiger partial charge in [-0.15, -0.1) is 0 Å². The van der Waals surface area contributed by atoms with E-state index in [1.807, 2.05) is 0 Å². The number of aromatic hydroxyl groups is 1. The van der Waals surface area contributed by atoms with Gasteiger partial charge in [0, 0.05) is 24.9 Å². The minimum absolute atomic E-state index is 0.246. The van der Waals surface area contributed by atoms with Gasteiger partial charge in [-0.1, -0.05) is 6.92 Å². The van der Waals surface area contributed by atoms with Crippen molar-refractivity contribution in [2.75, 3.05) is 26.7 Å². The fraction of sp³-hybridized carbons (Fsp3) is 0.533. The summed E-state index contributed by atoms with van der Waals surface area (Å²) in [7, 11) is 1.62. The molecule has 0 amide bonds. The van der Waals surface area contributed by atoms with Crippen molar-refractivity contribution < 1.29 is 9.84 Å². The number of hydrogen-bond acceptors (Lipinski definition) is 4. The van der Waals surface area contributed by atoms with Gasteiger partial charge in [0.05, 0.1) is 13.2 Å². The fourth-order valence-corrected chi connectivity index (χ4v) is 2.33. The molecule has 1 aliphatic rings. The number of nitrogens with zero attached hydrogens (tertiary/aromatic N) is 2. The first-order valence-corrected chi connectivity index (χ1v) is 6.85. The Kier molecular flexibility index (Phi) is 4.80. The lowest BCUT2D eigenvalue weighted by Gasteiger charge is -2.28. The summed E-state index contributed by atoms with van der Waals surface area (Å²) in [5, 5.41) is 9.79. The van der Waals surface area contributed by atoms with Gasteiger partial charge >= 0.3 is 0 Å². The van der Waals surface area contributed by atoms with Crippen molar-refractivity contribution in [3.63, 3.8) is 0 Å². The van der Waals surface area contributed by atoms with E-state index < -0.39 is 0 Å². The number of ether oxygens (including phenoxy) is 1. The first kappa shape index (κ1) is 13.9. The van der Waals surface area contributed by atoms with Crippen molar-refractivity contribution in [1.82, 2.24) is 4.90 Å². The van der Waals surface area contributed by atoms with E-state index in [0.29, 0.717) is 6.04 Å². The third-order valence-corrected chi connectivity index (χ3v) is 3.66. The zero-order chi connectivity index (χ0) is 13.7. The second kappa shape index (κ2) is 6.57. The summed E-state index contributed by atoms with van der Waals surface area (Å²) in [4.78, 5) is 7.03. The predicted octanol–water partition coefficient (Wildman–Crippen LogP) is 2.30. The van der Waals surface area contributed by atoms with Crippen molar-refractivity contribution in [2.45, 2.75) is 25.8 Å². The van der Waals surface area contributed by atoms with E-state index in [4.69, 9.17) is 4.74 Å². The van der Waals surface area contributed by atoms with Crippen LogP contribution in [0.1, 0.15) is 25.3 Å². The molecule has 0 aromatic heterocycles. The van der Waals surface area contributed by atoms with Crippen molar-refractivity contribution in [1.29, 1.82) is 0 Å². The number of phenolic OH excluding ortho intramolecular Hbond substituents is 1. The number of methoxy groups -OCH3 is 1. The van der Waals surface area contributed by atoms with Crippen LogP contribution in [-0.4, -0.2) is 49.0 Å². The number of rotatable bonds is 4. The van der Waals surface area contributed by atoms with Gasteiger partial charge in [-0.25, -0.2) is 0 Å². The molecule has 4 nitrogen and oxygen atoms in total. The van der Waals surface area contributed by atoms with Gasteiger partial charge in [0.1, 0.15) is 11.5 Å². The average Bonchev–Trinajstić information content (AvgIpc) is 2.47. The maximum absolute atomic E-state index is 9.79. The Balaban J connectivity index is 1.99. The Hall–Kier alpha value is -1.55. The fourth-order valence-electron chi connectivity index (χ4n) is 2.33. The average molecular weight is 262 g/mol. The van der Waals surface area contributed by atoms with Gasteiger partial charge in [-0.2, -0.15) is 0 Å². The van der Waals surface area contributed by atoms with E-state index in [1.165, 1.54) is 0 Å². The van der Waals surface area contributed by atoms with E-state index >= 15 is 0 Å². The molecule has 0 aliphatic carbocycles. The Morgan fingerprint density at radius 1 is 1.42 bits per heavy atom. The van der Waals surface area contributed by atoms with Gasteiger partial charge in [-0.05, 0) is 37.6 Å². The smallest absolute Gasteiger partial charge is 0.124 e. The number of phenols is 1. The molecule has 1 aromatic rings. The minimum Gasteiger partial charge on any atom is -0.507 e. The first-order chi connectivity index (χ1) is 9.22. The molecule has 0 spiro atoms. The van der Waals surface area contributed by atoms with Crippen LogP contribution in [0.15, 0.2) is 23.2 Å². The van der Waals surface area contributed by atoms with Crippen LogP contribution < -0.4 is 4.74 Å². The van der Waals surface area contributed by atoms with Crippen molar-refractivity contribution >= 4 is 6.21 Å². The number of likely N-dealkylation sites (tertiary alicyclic amines) is 1. The summed E-state index contributed by atoms with van der Waals surface area (Å²) < 4.78 is 5.15. The summed E-state index contributed by atoms with van der Waals surface area (Å²) in [5.41, 5.74) is 0.720. The molecule has 4 heteroatoms. The summed E-state index contributed by atoms with van der Waals surface area (Å²) in [5.74, 6) is 0.982. The molecule has 2 rings (SSSR count). The molecule has 0 unspecified atom stereocenters. The minimum atomic E-state index is 0.246. The normalized spacial score (nSPS) is 18.0. The molecule has 1 N–H and O–H groups in total. The lowest BCUT2D eigenvalue weighted by atomic mass is 10.1. The molecular weight excluding hydrogens is 240 g/mol. The summed E-state index contributed by atoms with van der Waals surface area (Å²) in [6.45, 7) is 5.54. The molecule has 1 aliphatic heterocycles. The Morgan fingerprint density at radius 2 is 2.16 bits per heavy atom. The molecule has 1 fully saturated rings. The first-order valence-electron chi connectivity index (χ1n) is 6.85. The van der Waals surface area contributed by atoms with Gasteiger partial charge in [0.2, 0.25) is 0 Å². The second-order valence-electron chi connectivity index (χ2n) is 4.87. The van der Waals surface area contributed by atoms with Crippen molar-refractivity contribution in [3.8, 4) is 11.5 Å². The summed E-state index contributed by atoms with van der Waals surface area (Å²) in [6, 6.07) is 5.56. The zero-order valence-corrected chi connectivity index (χ0v) is 11.7. The molecule has 0 bridgehead atoms. The maximum Gasteiger partial charge on any atom is 0.124 e. The Bertz CT molecular complexity index is 438.